The van der Waals surface area contributed by atoms with Crippen LogP contribution in [0.15, 0.2) is 42.5 Å². The van der Waals surface area contributed by atoms with Crippen LogP contribution >= 0.6 is 23.2 Å². The highest BCUT2D eigenvalue weighted by Gasteiger charge is 2.20. The molecule has 5 nitrogen and oxygen atoms in total. The van der Waals surface area contributed by atoms with E-state index in [0.717, 1.165) is 5.56 Å². The van der Waals surface area contributed by atoms with Crippen LogP contribution in [-0.2, 0) is 0 Å². The monoisotopic (exact) mass is 326 g/mol. The lowest BCUT2D eigenvalue weighted by Gasteiger charge is -2.18. The molecule has 0 bridgehead atoms. The third-order valence-electron chi connectivity index (χ3n) is 2.95. The van der Waals surface area contributed by atoms with Crippen LogP contribution in [0.5, 0.6) is 0 Å². The molecule has 0 heterocycles. The Balaban J connectivity index is 2.37. The normalized spacial score (nSPS) is 12.0. The van der Waals surface area contributed by atoms with Crippen molar-refractivity contribution in [2.75, 3.05) is 11.9 Å². The fourth-order valence-electron chi connectivity index (χ4n) is 1.91. The number of benzene rings is 2. The minimum Gasteiger partial charge on any atom is -0.394 e. The lowest BCUT2D eigenvalue weighted by molar-refractivity contribution is -0.384. The van der Waals surface area contributed by atoms with Gasteiger partial charge in [0, 0.05) is 6.07 Å². The Morgan fingerprint density at radius 2 is 1.81 bits per heavy atom. The summed E-state index contributed by atoms with van der Waals surface area (Å²) in [6.45, 7) is -0.221. The van der Waals surface area contributed by atoms with E-state index in [1.807, 2.05) is 30.3 Å². The van der Waals surface area contributed by atoms with E-state index in [2.05, 4.69) is 5.32 Å². The zero-order chi connectivity index (χ0) is 15.4. The molecule has 21 heavy (non-hydrogen) atoms. The molecule has 2 aromatic carbocycles. The summed E-state index contributed by atoms with van der Waals surface area (Å²) in [5.74, 6) is 0. The second-order valence-electron chi connectivity index (χ2n) is 4.33. The van der Waals surface area contributed by atoms with Crippen molar-refractivity contribution in [2.45, 2.75) is 6.04 Å². The molecule has 2 rings (SSSR count). The average molecular weight is 327 g/mol. The van der Waals surface area contributed by atoms with Gasteiger partial charge in [0.05, 0.1) is 27.6 Å². The number of aliphatic hydroxyl groups is 1. The van der Waals surface area contributed by atoms with Crippen LogP contribution in [0, 0.1) is 10.1 Å². The Labute approximate surface area is 131 Å². The zero-order valence-electron chi connectivity index (χ0n) is 10.8. The first-order valence-electron chi connectivity index (χ1n) is 6.08. The van der Waals surface area contributed by atoms with Gasteiger partial charge in [-0.3, -0.25) is 10.1 Å². The van der Waals surface area contributed by atoms with Crippen molar-refractivity contribution < 1.29 is 10.0 Å². The van der Waals surface area contributed by atoms with E-state index >= 15 is 0 Å². The van der Waals surface area contributed by atoms with Crippen LogP contribution in [0.2, 0.25) is 10.0 Å². The molecule has 0 aromatic heterocycles. The predicted octanol–water partition coefficient (Wildman–Crippen LogP) is 4.05. The molecule has 0 saturated heterocycles. The lowest BCUT2D eigenvalue weighted by atomic mass is 10.1. The summed E-state index contributed by atoms with van der Waals surface area (Å²) in [5.41, 5.74) is 0.816. The Morgan fingerprint density at radius 1 is 1.19 bits per heavy atom. The molecule has 0 spiro atoms. The van der Waals surface area contributed by atoms with Crippen molar-refractivity contribution in [3.63, 3.8) is 0 Å². The van der Waals surface area contributed by atoms with E-state index in [1.54, 1.807) is 0 Å². The van der Waals surface area contributed by atoms with E-state index in [4.69, 9.17) is 23.2 Å². The highest BCUT2D eigenvalue weighted by molar-refractivity contribution is 6.42. The maximum absolute atomic E-state index is 11.1. The van der Waals surface area contributed by atoms with E-state index < -0.39 is 11.0 Å². The fourth-order valence-corrected chi connectivity index (χ4v) is 2.23. The van der Waals surface area contributed by atoms with Gasteiger partial charge in [-0.1, -0.05) is 53.5 Å². The largest absolute Gasteiger partial charge is 0.394 e. The third kappa shape index (κ3) is 3.64. The quantitative estimate of drug-likeness (QED) is 0.642. The summed E-state index contributed by atoms with van der Waals surface area (Å²) in [6, 6.07) is 11.2. The number of hydrogen-bond acceptors (Lipinski definition) is 4. The van der Waals surface area contributed by atoms with Crippen molar-refractivity contribution in [3.8, 4) is 0 Å². The topological polar surface area (TPSA) is 75.4 Å². The lowest BCUT2D eigenvalue weighted by Crippen LogP contribution is -2.15. The number of nitro groups is 1. The van der Waals surface area contributed by atoms with E-state index in [1.165, 1.54) is 12.1 Å². The zero-order valence-corrected chi connectivity index (χ0v) is 12.3. The van der Waals surface area contributed by atoms with Crippen LogP contribution < -0.4 is 5.32 Å². The van der Waals surface area contributed by atoms with Gasteiger partial charge in [-0.05, 0) is 11.6 Å². The number of nitrogens with one attached hydrogen (secondary N) is 1. The second kappa shape index (κ2) is 6.76. The molecule has 2 N–H and O–H groups in total. The molecule has 110 valence electrons. The minimum atomic E-state index is -0.552. The molecule has 7 heteroatoms. The molecule has 0 amide bonds. The first-order chi connectivity index (χ1) is 10.0. The van der Waals surface area contributed by atoms with Crippen molar-refractivity contribution in [2.24, 2.45) is 0 Å². The highest BCUT2D eigenvalue weighted by atomic mass is 35.5. The fraction of sp³-hybridized carbons (Fsp3) is 0.143. The van der Waals surface area contributed by atoms with Gasteiger partial charge < -0.3 is 10.4 Å². The molecular formula is C14H12Cl2N2O3. The van der Waals surface area contributed by atoms with Crippen molar-refractivity contribution in [3.05, 3.63) is 68.2 Å². The predicted molar refractivity (Wildman–Crippen MR) is 83.0 cm³/mol. The summed E-state index contributed by atoms with van der Waals surface area (Å²) >= 11 is 11.7. The second-order valence-corrected chi connectivity index (χ2v) is 5.15. The molecule has 2 aromatic rings. The Morgan fingerprint density at radius 3 is 2.38 bits per heavy atom. The number of rotatable bonds is 5. The Kier molecular flexibility index (Phi) is 5.01. The maximum Gasteiger partial charge on any atom is 0.293 e. The smallest absolute Gasteiger partial charge is 0.293 e. The molecule has 0 aliphatic carbocycles. The Bertz CT molecular complexity index is 650. The minimum absolute atomic E-state index is 0.106. The number of halogens is 2. The van der Waals surface area contributed by atoms with Crippen LogP contribution in [0.4, 0.5) is 11.4 Å². The summed E-state index contributed by atoms with van der Waals surface area (Å²) in [7, 11) is 0. The molecule has 0 saturated carbocycles. The van der Waals surface area contributed by atoms with Gasteiger partial charge >= 0.3 is 0 Å². The summed E-state index contributed by atoms with van der Waals surface area (Å²) < 4.78 is 0. The van der Waals surface area contributed by atoms with Gasteiger partial charge in [-0.15, -0.1) is 0 Å². The van der Waals surface area contributed by atoms with Crippen molar-refractivity contribution in [1.82, 2.24) is 0 Å². The van der Waals surface area contributed by atoms with Crippen LogP contribution in [-0.4, -0.2) is 16.6 Å². The van der Waals surface area contributed by atoms with E-state index in [9.17, 15) is 15.2 Å². The number of nitrogens with zero attached hydrogens (tertiary/aromatic N) is 1. The molecule has 0 aliphatic rings. The highest BCUT2D eigenvalue weighted by Crippen LogP contribution is 2.35. The average Bonchev–Trinajstić information content (AvgIpc) is 2.48. The van der Waals surface area contributed by atoms with Gasteiger partial charge in [0.2, 0.25) is 0 Å². The molecule has 1 unspecified atom stereocenters. The standard InChI is InChI=1S/C14H12Cl2N2O3/c15-10-6-12(14(18(20)21)7-11(10)16)17-13(8-19)9-4-2-1-3-5-9/h1-7,13,17,19H,8H2. The molecule has 0 fully saturated rings. The van der Waals surface area contributed by atoms with E-state index in [-0.39, 0.29) is 28.0 Å². The summed E-state index contributed by atoms with van der Waals surface area (Å²) in [5, 5.41) is 23.8. The third-order valence-corrected chi connectivity index (χ3v) is 3.67. The van der Waals surface area contributed by atoms with Gasteiger partial charge in [-0.25, -0.2) is 0 Å². The number of nitro benzene ring substituents is 1. The molecule has 0 aliphatic heterocycles. The summed E-state index contributed by atoms with van der Waals surface area (Å²) in [4.78, 5) is 10.5. The van der Waals surface area contributed by atoms with Gasteiger partial charge in [-0.2, -0.15) is 0 Å². The first-order valence-corrected chi connectivity index (χ1v) is 6.84. The molecule has 0 radical (unpaired) electrons. The van der Waals surface area contributed by atoms with Crippen LogP contribution in [0.3, 0.4) is 0 Å². The van der Waals surface area contributed by atoms with Gasteiger partial charge in [0.15, 0.2) is 0 Å². The molecular weight excluding hydrogens is 315 g/mol. The van der Waals surface area contributed by atoms with Crippen LogP contribution in [0.1, 0.15) is 11.6 Å². The van der Waals surface area contributed by atoms with Gasteiger partial charge in [0.1, 0.15) is 5.69 Å². The SMILES string of the molecule is O=[N+]([O-])c1cc(Cl)c(Cl)cc1NC(CO)c1ccccc1. The number of aliphatic hydroxyl groups excluding tert-OH is 1. The van der Waals surface area contributed by atoms with Crippen molar-refractivity contribution >= 4 is 34.6 Å². The molecule has 1 atom stereocenters. The first kappa shape index (κ1) is 15.6. The maximum atomic E-state index is 11.1. The number of anilines is 1. The van der Waals surface area contributed by atoms with Crippen LogP contribution in [0.25, 0.3) is 0 Å². The van der Waals surface area contributed by atoms with Crippen molar-refractivity contribution in [1.29, 1.82) is 0 Å². The van der Waals surface area contributed by atoms with E-state index in [0.29, 0.717) is 0 Å². The Hall–Kier alpha value is -1.82. The number of hydrogen-bond donors (Lipinski definition) is 2. The van der Waals surface area contributed by atoms with Gasteiger partial charge in [0.25, 0.3) is 5.69 Å². The summed E-state index contributed by atoms with van der Waals surface area (Å²) in [6.07, 6.45) is 0.